The number of rotatable bonds is 2. The molecule has 3 heterocycles. The minimum Gasteiger partial charge on any atom is -0.394 e. The Balaban J connectivity index is 1.90. The Bertz CT molecular complexity index is 541. The first-order valence-electron chi connectivity index (χ1n) is 5.80. The van der Waals surface area contributed by atoms with E-state index in [-0.39, 0.29) is 5.84 Å². The van der Waals surface area contributed by atoms with Gasteiger partial charge in [0.2, 0.25) is 3.55 Å². The highest BCUT2D eigenvalue weighted by atomic mass is 127. The zero-order valence-electron chi connectivity index (χ0n) is 10.0. The molecule has 1 saturated heterocycles. The lowest BCUT2D eigenvalue weighted by molar-refractivity contribution is -0.0459. The van der Waals surface area contributed by atoms with Crippen LogP contribution in [0.2, 0.25) is 0 Å². The summed E-state index contributed by atoms with van der Waals surface area (Å²) >= 11 is 1.90. The molecule has 5 atom stereocenters. The Kier molecular flexibility index (Phi) is 3.35. The molecule has 0 saturated carbocycles. The molecule has 108 valence electrons. The molecule has 0 aromatic rings. The molecule has 0 bridgehead atoms. The van der Waals surface area contributed by atoms with Crippen molar-refractivity contribution in [3.8, 4) is 0 Å². The number of amidine groups is 2. The van der Waals surface area contributed by atoms with Crippen LogP contribution in [0.15, 0.2) is 15.0 Å². The highest BCUT2D eigenvalue weighted by molar-refractivity contribution is 14.1. The van der Waals surface area contributed by atoms with Crippen molar-refractivity contribution in [1.82, 2.24) is 4.90 Å². The third kappa shape index (κ3) is 1.82. The molecule has 3 aliphatic rings. The van der Waals surface area contributed by atoms with Gasteiger partial charge in [-0.1, -0.05) is 0 Å². The number of fused-ring (bicyclic) bond motifs is 1. The Morgan fingerprint density at radius 2 is 2.35 bits per heavy atom. The van der Waals surface area contributed by atoms with E-state index in [9.17, 15) is 9.50 Å². The van der Waals surface area contributed by atoms with Gasteiger partial charge in [0.05, 0.1) is 12.9 Å². The molecule has 0 aromatic heterocycles. The van der Waals surface area contributed by atoms with Gasteiger partial charge in [0.15, 0.2) is 24.1 Å². The number of halogens is 2. The predicted octanol–water partition coefficient (Wildman–Crippen LogP) is -0.705. The first-order chi connectivity index (χ1) is 9.49. The van der Waals surface area contributed by atoms with Crippen LogP contribution in [0.3, 0.4) is 0 Å². The second-order valence-electron chi connectivity index (χ2n) is 4.50. The minimum absolute atomic E-state index is 0.0190. The Morgan fingerprint density at radius 1 is 1.60 bits per heavy atom. The molecule has 0 spiro atoms. The van der Waals surface area contributed by atoms with Crippen LogP contribution in [-0.2, 0) is 4.74 Å². The molecule has 1 unspecified atom stereocenters. The van der Waals surface area contributed by atoms with Gasteiger partial charge in [-0.3, -0.25) is 10.3 Å². The van der Waals surface area contributed by atoms with Gasteiger partial charge in [0, 0.05) is 0 Å². The molecule has 3 N–H and O–H groups in total. The summed E-state index contributed by atoms with van der Waals surface area (Å²) in [5, 5.41) is 26.5. The number of hydrogen-bond acceptors (Lipinski definition) is 7. The largest absolute Gasteiger partial charge is 0.394 e. The van der Waals surface area contributed by atoms with Crippen molar-refractivity contribution in [2.45, 2.75) is 28.2 Å². The van der Waals surface area contributed by atoms with Crippen LogP contribution >= 0.6 is 22.6 Å². The van der Waals surface area contributed by atoms with Gasteiger partial charge in [-0.25, -0.2) is 19.4 Å². The van der Waals surface area contributed by atoms with Crippen LogP contribution in [0.1, 0.15) is 0 Å². The molecule has 10 heteroatoms. The first-order valence-corrected chi connectivity index (χ1v) is 6.88. The molecule has 0 aliphatic carbocycles. The quantitative estimate of drug-likeness (QED) is 0.326. The second-order valence-corrected chi connectivity index (χ2v) is 6.06. The van der Waals surface area contributed by atoms with E-state index in [2.05, 4.69) is 15.0 Å². The normalized spacial score (nSPS) is 43.1. The van der Waals surface area contributed by atoms with Gasteiger partial charge in [-0.05, 0) is 22.6 Å². The van der Waals surface area contributed by atoms with E-state index in [0.29, 0.717) is 5.84 Å². The molecular formula is C10H11FIN5O3. The van der Waals surface area contributed by atoms with Gasteiger partial charge in [-0.2, -0.15) is 0 Å². The number of aliphatic imine (C=N–C) groups is 3. The maximum atomic E-state index is 14.1. The van der Waals surface area contributed by atoms with Crippen LogP contribution in [0.5, 0.6) is 0 Å². The average Bonchev–Trinajstić information content (AvgIpc) is 2.91. The van der Waals surface area contributed by atoms with Crippen LogP contribution in [0.4, 0.5) is 4.39 Å². The number of hydrogen-bond donors (Lipinski definition) is 3. The summed E-state index contributed by atoms with van der Waals surface area (Å²) < 4.78 is 18.3. The van der Waals surface area contributed by atoms with Crippen molar-refractivity contribution in [2.24, 2.45) is 15.0 Å². The van der Waals surface area contributed by atoms with Gasteiger partial charge >= 0.3 is 0 Å². The van der Waals surface area contributed by atoms with Gasteiger partial charge in [-0.15, -0.1) is 0 Å². The smallest absolute Gasteiger partial charge is 0.228 e. The Hall–Kier alpha value is -0.980. The summed E-state index contributed by atoms with van der Waals surface area (Å²) in [7, 11) is 0. The Morgan fingerprint density at radius 3 is 3.00 bits per heavy atom. The number of alkyl halides is 2. The highest BCUT2D eigenvalue weighted by Gasteiger charge is 2.54. The first kappa shape index (κ1) is 14.0. The summed E-state index contributed by atoms with van der Waals surface area (Å²) in [6, 6.07) is 0. The minimum atomic E-state index is -1.71. The summed E-state index contributed by atoms with van der Waals surface area (Å²) in [6.07, 6.45) is -2.75. The van der Waals surface area contributed by atoms with E-state index >= 15 is 0 Å². The van der Waals surface area contributed by atoms with Crippen molar-refractivity contribution in [2.75, 3.05) is 6.61 Å². The maximum Gasteiger partial charge on any atom is 0.228 e. The molecule has 3 rings (SSSR count). The molecule has 0 radical (unpaired) electrons. The number of nitrogens with one attached hydrogen (secondary N) is 1. The van der Waals surface area contributed by atoms with Crippen molar-refractivity contribution < 1.29 is 19.3 Å². The fraction of sp³-hybridized carbons (Fsp3) is 0.600. The van der Waals surface area contributed by atoms with Crippen molar-refractivity contribution in [1.29, 1.82) is 5.41 Å². The fourth-order valence-corrected chi connectivity index (χ4v) is 2.92. The van der Waals surface area contributed by atoms with E-state index in [0.717, 1.165) is 0 Å². The fourth-order valence-electron chi connectivity index (χ4n) is 2.24. The van der Waals surface area contributed by atoms with Gasteiger partial charge < -0.3 is 14.9 Å². The van der Waals surface area contributed by atoms with Crippen LogP contribution < -0.4 is 0 Å². The van der Waals surface area contributed by atoms with E-state index < -0.39 is 34.8 Å². The molecule has 0 aromatic carbocycles. The second kappa shape index (κ2) is 4.79. The monoisotopic (exact) mass is 395 g/mol. The van der Waals surface area contributed by atoms with E-state index in [1.165, 1.54) is 17.6 Å². The predicted molar refractivity (Wildman–Crippen MR) is 77.4 cm³/mol. The average molecular weight is 395 g/mol. The third-order valence-electron chi connectivity index (χ3n) is 3.33. The van der Waals surface area contributed by atoms with Crippen molar-refractivity contribution in [3.05, 3.63) is 0 Å². The highest BCUT2D eigenvalue weighted by Crippen LogP contribution is 2.36. The SMILES string of the molecule is N=C1N=CN=C2N([C@@H]3O[C@H](CO)[C@@H](O)[C@H]3F)C=NC12I. The summed E-state index contributed by atoms with van der Waals surface area (Å²) in [5.41, 5.74) is 0. The lowest BCUT2D eigenvalue weighted by Crippen LogP contribution is -2.50. The Labute approximate surface area is 126 Å². The summed E-state index contributed by atoms with van der Waals surface area (Å²) in [6.45, 7) is -0.484. The third-order valence-corrected chi connectivity index (χ3v) is 4.60. The molecular weight excluding hydrogens is 384 g/mol. The summed E-state index contributed by atoms with van der Waals surface area (Å²) in [4.78, 5) is 13.3. The van der Waals surface area contributed by atoms with Crippen molar-refractivity contribution >= 4 is 46.9 Å². The number of aliphatic hydroxyl groups is 2. The summed E-state index contributed by atoms with van der Waals surface area (Å²) in [5.74, 6) is 0.283. The van der Waals surface area contributed by atoms with Gasteiger partial charge in [0.25, 0.3) is 0 Å². The van der Waals surface area contributed by atoms with Crippen LogP contribution in [0, 0.1) is 5.41 Å². The lowest BCUT2D eigenvalue weighted by atomic mass is 10.1. The molecule has 0 amide bonds. The van der Waals surface area contributed by atoms with E-state index in [1.54, 1.807) is 0 Å². The van der Waals surface area contributed by atoms with Gasteiger partial charge in [0.1, 0.15) is 18.5 Å². The van der Waals surface area contributed by atoms with Crippen LogP contribution in [0.25, 0.3) is 0 Å². The van der Waals surface area contributed by atoms with Crippen LogP contribution in [-0.4, -0.2) is 74.2 Å². The molecule has 20 heavy (non-hydrogen) atoms. The van der Waals surface area contributed by atoms with E-state index in [4.69, 9.17) is 15.3 Å². The number of nitrogens with zero attached hydrogens (tertiary/aromatic N) is 4. The maximum absolute atomic E-state index is 14.1. The number of ether oxygens (including phenoxy) is 1. The zero-order valence-corrected chi connectivity index (χ0v) is 12.2. The topological polar surface area (TPSA) is 114 Å². The lowest BCUT2D eigenvalue weighted by Gasteiger charge is -2.29. The zero-order chi connectivity index (χ0) is 14.5. The van der Waals surface area contributed by atoms with E-state index in [1.807, 2.05) is 22.6 Å². The van der Waals surface area contributed by atoms with Crippen molar-refractivity contribution in [3.63, 3.8) is 0 Å². The number of aliphatic hydroxyl groups excluding tert-OH is 2. The molecule has 1 fully saturated rings. The standard InChI is InChI=1S/C10H11FIN5O3/c11-5-6(19)4(1-18)20-7(5)17-3-16-10(12)8(13)14-2-15-9(10)17/h2-7,13,18-19H,1H2/t4-,5-,6-,7-,10?/m1/s1. The molecule has 3 aliphatic heterocycles. The molecule has 8 nitrogen and oxygen atoms in total.